The van der Waals surface area contributed by atoms with Gasteiger partial charge in [-0.1, -0.05) is 185 Å². The molecule has 2 aliphatic rings. The van der Waals surface area contributed by atoms with Crippen LogP contribution in [0.4, 0.5) is 17.1 Å². The van der Waals surface area contributed by atoms with Crippen LogP contribution in [0.15, 0.2) is 216 Å². The van der Waals surface area contributed by atoms with Gasteiger partial charge in [-0.3, -0.25) is 0 Å². The Hall–Kier alpha value is -5.66. The lowest BCUT2D eigenvalue weighted by Crippen LogP contribution is -2.87. The molecule has 0 saturated heterocycles. The van der Waals surface area contributed by atoms with Gasteiger partial charge in [0.05, 0.1) is 0 Å². The average Bonchev–Trinajstić information content (AvgIpc) is 3.22. The molecule has 0 amide bonds. The van der Waals surface area contributed by atoms with E-state index in [2.05, 4.69) is 211 Å². The lowest BCUT2D eigenvalue weighted by atomic mass is 10.0. The van der Waals surface area contributed by atoms with Crippen molar-refractivity contribution in [3.63, 3.8) is 0 Å². The fraction of sp³-hybridized carbons (Fsp3) is 0. The Morgan fingerprint density at radius 1 is 0.365 bits per heavy atom. The molecule has 1 nitrogen and oxygen atoms in total. The van der Waals surface area contributed by atoms with E-state index < -0.39 is 16.9 Å². The molecule has 2 aliphatic heterocycles. The summed E-state index contributed by atoms with van der Waals surface area (Å²) < 4.78 is 0. The van der Waals surface area contributed by atoms with E-state index in [0.29, 0.717) is 0 Å². The third kappa shape index (κ3) is 4.90. The Labute approximate surface area is 312 Å². The molecule has 0 saturated carbocycles. The number of nitrogens with zero attached hydrogens (tertiary/aromatic N) is 1. The van der Waals surface area contributed by atoms with Crippen LogP contribution in [-0.4, -0.2) is 16.9 Å². The van der Waals surface area contributed by atoms with Gasteiger partial charge in [0.1, 0.15) is 8.80 Å². The standard InChI is InChI=1S/C48H35NSSi2/c1-4-16-35(17-5-1)36-28-30-38(31-29-36)49(37-18-6-2-7-19-37)39-32-33-44-48(34-39)52(45-25-13-10-22-41(45)50-42-23-11-14-26-46(42)52)47-27-15-12-24-43(47)51(44)40-20-8-3-9-21-40/h1-34,51H. The predicted octanol–water partition coefficient (Wildman–Crippen LogP) is 7.23. The molecule has 8 aromatic rings. The maximum absolute atomic E-state index is 2.77. The van der Waals surface area contributed by atoms with E-state index in [0.717, 1.165) is 11.4 Å². The summed E-state index contributed by atoms with van der Waals surface area (Å²) in [6, 6.07) is 77.5. The van der Waals surface area contributed by atoms with Crippen LogP contribution in [0.3, 0.4) is 0 Å². The summed E-state index contributed by atoms with van der Waals surface area (Å²) in [7, 11) is -4.61. The summed E-state index contributed by atoms with van der Waals surface area (Å²) in [4.78, 5) is 5.22. The van der Waals surface area contributed by atoms with Crippen LogP contribution >= 0.6 is 11.8 Å². The van der Waals surface area contributed by atoms with E-state index in [9.17, 15) is 0 Å². The summed E-state index contributed by atoms with van der Waals surface area (Å²) in [5.74, 6) is 0. The molecule has 0 N–H and O–H groups in total. The van der Waals surface area contributed by atoms with Gasteiger partial charge in [0.15, 0.2) is 8.07 Å². The van der Waals surface area contributed by atoms with Crippen LogP contribution in [0.1, 0.15) is 0 Å². The quantitative estimate of drug-likeness (QED) is 0.173. The Bertz CT molecular complexity index is 2510. The summed E-state index contributed by atoms with van der Waals surface area (Å²) in [5, 5.41) is 10.7. The minimum Gasteiger partial charge on any atom is -0.311 e. The molecule has 8 aromatic carbocycles. The first-order valence-corrected chi connectivity index (χ1v) is 22.5. The highest BCUT2D eigenvalue weighted by atomic mass is 32.2. The van der Waals surface area contributed by atoms with E-state index in [1.807, 2.05) is 11.8 Å². The molecule has 1 unspecified atom stereocenters. The molecule has 0 fully saturated rings. The van der Waals surface area contributed by atoms with Crippen molar-refractivity contribution in [1.82, 2.24) is 0 Å². The summed E-state index contributed by atoms with van der Waals surface area (Å²) >= 11 is 1.94. The fourth-order valence-electron chi connectivity index (χ4n) is 8.70. The highest BCUT2D eigenvalue weighted by Gasteiger charge is 2.53. The number of hydrogen-bond acceptors (Lipinski definition) is 2. The fourth-order valence-corrected chi connectivity index (χ4v) is 21.1. The van der Waals surface area contributed by atoms with Gasteiger partial charge in [-0.2, -0.15) is 0 Å². The Morgan fingerprint density at radius 2 is 0.846 bits per heavy atom. The third-order valence-corrected chi connectivity index (χ3v) is 21.3. The first-order valence-electron chi connectivity index (χ1n) is 18.0. The van der Waals surface area contributed by atoms with Gasteiger partial charge in [-0.15, -0.1) is 0 Å². The molecule has 1 atom stereocenters. The molecule has 0 radical (unpaired) electrons. The van der Waals surface area contributed by atoms with E-state index in [4.69, 9.17) is 0 Å². The van der Waals surface area contributed by atoms with Crippen molar-refractivity contribution in [1.29, 1.82) is 0 Å². The molecule has 2 heterocycles. The molecule has 0 bridgehead atoms. The zero-order valence-electron chi connectivity index (χ0n) is 28.6. The van der Waals surface area contributed by atoms with Crippen LogP contribution in [0.5, 0.6) is 0 Å². The molecule has 246 valence electrons. The third-order valence-electron chi connectivity index (χ3n) is 10.9. The van der Waals surface area contributed by atoms with Gasteiger partial charge in [-0.05, 0) is 80.4 Å². The summed E-state index contributed by atoms with van der Waals surface area (Å²) in [5.41, 5.74) is 5.94. The van der Waals surface area contributed by atoms with E-state index in [1.165, 1.54) is 47.4 Å². The average molecular weight is 714 g/mol. The monoisotopic (exact) mass is 713 g/mol. The smallest absolute Gasteiger partial charge is 0.181 e. The second kappa shape index (κ2) is 12.8. The molecule has 52 heavy (non-hydrogen) atoms. The van der Waals surface area contributed by atoms with Crippen LogP contribution in [0.25, 0.3) is 11.1 Å². The minimum atomic E-state index is -2.77. The molecule has 1 spiro atoms. The Balaban J connectivity index is 1.27. The normalized spacial score (nSPS) is 14.8. The largest absolute Gasteiger partial charge is 0.311 e. The van der Waals surface area contributed by atoms with Crippen LogP contribution in [0.2, 0.25) is 0 Å². The lowest BCUT2D eigenvalue weighted by molar-refractivity contribution is 1.29. The molecule has 0 aliphatic carbocycles. The molecular weight excluding hydrogens is 679 g/mol. The van der Waals surface area contributed by atoms with Crippen LogP contribution in [-0.2, 0) is 0 Å². The van der Waals surface area contributed by atoms with Crippen molar-refractivity contribution in [2.24, 2.45) is 0 Å². The maximum Gasteiger partial charge on any atom is 0.181 e. The molecule has 10 rings (SSSR count). The molecular formula is C48H35NSSi2. The summed E-state index contributed by atoms with van der Waals surface area (Å²) in [6.07, 6.45) is 0. The number of fused-ring (bicyclic) bond motifs is 8. The van der Waals surface area contributed by atoms with Gasteiger partial charge in [0.2, 0.25) is 0 Å². The second-order valence-electron chi connectivity index (χ2n) is 13.6. The van der Waals surface area contributed by atoms with Gasteiger partial charge < -0.3 is 4.90 Å². The highest BCUT2D eigenvalue weighted by molar-refractivity contribution is 8.00. The van der Waals surface area contributed by atoms with Crippen molar-refractivity contribution in [2.75, 3.05) is 4.90 Å². The van der Waals surface area contributed by atoms with Crippen molar-refractivity contribution < 1.29 is 0 Å². The number of hydrogen-bond donors (Lipinski definition) is 0. The van der Waals surface area contributed by atoms with E-state index in [-0.39, 0.29) is 0 Å². The van der Waals surface area contributed by atoms with Gasteiger partial charge in [-0.25, -0.2) is 0 Å². The van der Waals surface area contributed by atoms with Gasteiger partial charge in [0, 0.05) is 26.9 Å². The number of benzene rings is 8. The molecule has 4 heteroatoms. The van der Waals surface area contributed by atoms with Crippen molar-refractivity contribution in [3.8, 4) is 11.1 Å². The van der Waals surface area contributed by atoms with E-state index in [1.54, 1.807) is 15.6 Å². The topological polar surface area (TPSA) is 3.24 Å². The van der Waals surface area contributed by atoms with Crippen molar-refractivity contribution in [3.05, 3.63) is 206 Å². The molecule has 0 aromatic heterocycles. The Kier molecular flexibility index (Phi) is 7.68. The summed E-state index contributed by atoms with van der Waals surface area (Å²) in [6.45, 7) is 0. The highest BCUT2D eigenvalue weighted by Crippen LogP contribution is 2.37. The number of para-hydroxylation sites is 1. The van der Waals surface area contributed by atoms with Crippen molar-refractivity contribution >= 4 is 82.0 Å². The Morgan fingerprint density at radius 3 is 1.52 bits per heavy atom. The maximum atomic E-state index is 2.60. The zero-order valence-corrected chi connectivity index (χ0v) is 31.5. The zero-order chi connectivity index (χ0) is 34.5. The van der Waals surface area contributed by atoms with E-state index >= 15 is 0 Å². The number of rotatable bonds is 5. The van der Waals surface area contributed by atoms with Crippen LogP contribution < -0.4 is 41.2 Å². The van der Waals surface area contributed by atoms with Gasteiger partial charge in [0.25, 0.3) is 0 Å². The number of anilines is 3. The lowest BCUT2D eigenvalue weighted by Gasteiger charge is -2.46. The SMILES string of the molecule is c1ccc(-c2ccc(N(c3ccccc3)c3ccc4c(c3)[Si]3(c5ccccc5Sc5ccccc53)c3ccccc3[SiH]4c3ccccc3)cc2)cc1. The minimum absolute atomic E-state index is 1.15. The van der Waals surface area contributed by atoms with Crippen molar-refractivity contribution in [2.45, 2.75) is 9.79 Å². The van der Waals surface area contributed by atoms with Crippen LogP contribution in [0, 0.1) is 0 Å². The first kappa shape index (κ1) is 31.1. The van der Waals surface area contributed by atoms with Gasteiger partial charge >= 0.3 is 0 Å². The second-order valence-corrected chi connectivity index (χ2v) is 21.1. The predicted molar refractivity (Wildman–Crippen MR) is 227 cm³/mol. The first-order chi connectivity index (χ1) is 25.8.